The number of nitrogens with zero attached hydrogens (tertiary/aromatic N) is 4. The Morgan fingerprint density at radius 2 is 1.83 bits per heavy atom. The van der Waals surface area contributed by atoms with E-state index in [-0.39, 0.29) is 12.5 Å². The highest BCUT2D eigenvalue weighted by molar-refractivity contribution is 5.50. The van der Waals surface area contributed by atoms with Gasteiger partial charge in [-0.1, -0.05) is 13.8 Å². The Balaban J connectivity index is 0.00000100. The fraction of sp³-hybridized carbons (Fsp3) is 0.250. The van der Waals surface area contributed by atoms with Gasteiger partial charge in [-0.25, -0.2) is 0 Å². The van der Waals surface area contributed by atoms with Crippen molar-refractivity contribution in [2.45, 2.75) is 26.9 Å². The molecular formula is C16H16F2N4O2. The predicted molar refractivity (Wildman–Crippen MR) is 82.4 cm³/mol. The zero-order valence-electron chi connectivity index (χ0n) is 13.2. The molecule has 3 aromatic heterocycles. The van der Waals surface area contributed by atoms with Crippen LogP contribution in [-0.4, -0.2) is 20.2 Å². The summed E-state index contributed by atoms with van der Waals surface area (Å²) in [6, 6.07) is 6.82. The first-order chi connectivity index (χ1) is 11.7. The number of pyridine rings is 2. The minimum absolute atomic E-state index is 0.00408. The third-order valence-corrected chi connectivity index (χ3v) is 2.74. The molecule has 0 saturated heterocycles. The molecule has 0 N–H and O–H groups in total. The van der Waals surface area contributed by atoms with Crippen molar-refractivity contribution in [3.63, 3.8) is 0 Å². The van der Waals surface area contributed by atoms with Gasteiger partial charge >= 0.3 is 6.43 Å². The van der Waals surface area contributed by atoms with Crippen LogP contribution in [0.25, 0.3) is 11.5 Å². The Kier molecular flexibility index (Phi) is 6.30. The lowest BCUT2D eigenvalue weighted by Gasteiger charge is -2.05. The largest absolute Gasteiger partial charge is 0.487 e. The van der Waals surface area contributed by atoms with Crippen molar-refractivity contribution in [2.75, 3.05) is 0 Å². The predicted octanol–water partition coefficient (Wildman–Crippen LogP) is 4.07. The van der Waals surface area contributed by atoms with Gasteiger partial charge in [0, 0.05) is 18.6 Å². The first kappa shape index (κ1) is 17.5. The molecule has 3 aromatic rings. The average molecular weight is 334 g/mol. The molecule has 0 aliphatic heterocycles. The molecule has 0 aliphatic rings. The van der Waals surface area contributed by atoms with Crippen LogP contribution in [0.2, 0.25) is 0 Å². The molecule has 0 radical (unpaired) electrons. The van der Waals surface area contributed by atoms with E-state index in [2.05, 4.69) is 20.2 Å². The summed E-state index contributed by atoms with van der Waals surface area (Å²) in [6.07, 6.45) is 1.93. The summed E-state index contributed by atoms with van der Waals surface area (Å²) in [4.78, 5) is 8.06. The molecule has 0 saturated carbocycles. The van der Waals surface area contributed by atoms with Crippen LogP contribution >= 0.6 is 0 Å². The maximum Gasteiger partial charge on any atom is 0.314 e. The second kappa shape index (κ2) is 8.66. The van der Waals surface area contributed by atoms with Gasteiger partial charge in [0.25, 0.3) is 5.89 Å². The van der Waals surface area contributed by atoms with Gasteiger partial charge in [0.15, 0.2) is 0 Å². The highest BCUT2D eigenvalue weighted by Gasteiger charge is 2.17. The minimum atomic E-state index is -2.79. The molecule has 0 bridgehead atoms. The number of ether oxygens (including phenoxy) is 1. The summed E-state index contributed by atoms with van der Waals surface area (Å²) in [6.45, 7) is 4.27. The quantitative estimate of drug-likeness (QED) is 0.700. The fourth-order valence-electron chi connectivity index (χ4n) is 1.67. The van der Waals surface area contributed by atoms with E-state index in [4.69, 9.17) is 9.15 Å². The standard InChI is InChI=1S/C14H10F2N4O2.C2H6/c15-12(16)14-20-19-13(22-14)9-1-2-10(18-7-9)8-21-11-3-5-17-6-4-11;1-2/h1-7,12H,8H2;1-2H3. The van der Waals surface area contributed by atoms with Crippen LogP contribution in [0, 0.1) is 0 Å². The molecule has 0 aliphatic carbocycles. The molecule has 6 nitrogen and oxygen atoms in total. The Bertz CT molecular complexity index is 733. The van der Waals surface area contributed by atoms with Gasteiger partial charge in [0.2, 0.25) is 5.89 Å². The molecule has 3 heterocycles. The van der Waals surface area contributed by atoms with E-state index in [1.54, 1.807) is 36.7 Å². The lowest BCUT2D eigenvalue weighted by Crippen LogP contribution is -1.98. The third kappa shape index (κ3) is 4.55. The van der Waals surface area contributed by atoms with Crippen LogP contribution in [0.1, 0.15) is 31.9 Å². The molecule has 0 amide bonds. The van der Waals surface area contributed by atoms with Crippen LogP contribution in [0.4, 0.5) is 8.78 Å². The highest BCUT2D eigenvalue weighted by atomic mass is 19.3. The molecule has 8 heteroatoms. The number of aromatic nitrogens is 4. The lowest BCUT2D eigenvalue weighted by molar-refractivity contribution is 0.116. The molecular weight excluding hydrogens is 318 g/mol. The van der Waals surface area contributed by atoms with Crippen LogP contribution < -0.4 is 4.74 Å². The molecule has 0 spiro atoms. The average Bonchev–Trinajstić information content (AvgIpc) is 3.13. The second-order valence-corrected chi connectivity index (χ2v) is 4.26. The van der Waals surface area contributed by atoms with Gasteiger partial charge in [-0.2, -0.15) is 8.78 Å². The second-order valence-electron chi connectivity index (χ2n) is 4.26. The van der Waals surface area contributed by atoms with Crippen molar-refractivity contribution in [2.24, 2.45) is 0 Å². The number of rotatable bonds is 5. The Labute approximate surface area is 137 Å². The summed E-state index contributed by atoms with van der Waals surface area (Å²) in [7, 11) is 0. The van der Waals surface area contributed by atoms with Gasteiger partial charge in [0.1, 0.15) is 12.4 Å². The molecule has 0 aromatic carbocycles. The Morgan fingerprint density at radius 1 is 1.08 bits per heavy atom. The minimum Gasteiger partial charge on any atom is -0.487 e. The topological polar surface area (TPSA) is 73.9 Å². The zero-order chi connectivity index (χ0) is 17.4. The van der Waals surface area contributed by atoms with Gasteiger partial charge in [-0.15, -0.1) is 10.2 Å². The normalized spacial score (nSPS) is 10.2. The third-order valence-electron chi connectivity index (χ3n) is 2.74. The van der Waals surface area contributed by atoms with E-state index < -0.39 is 12.3 Å². The van der Waals surface area contributed by atoms with E-state index in [9.17, 15) is 8.78 Å². The number of hydrogen-bond acceptors (Lipinski definition) is 6. The first-order valence-corrected chi connectivity index (χ1v) is 7.32. The van der Waals surface area contributed by atoms with Crippen LogP contribution in [0.5, 0.6) is 5.75 Å². The zero-order valence-corrected chi connectivity index (χ0v) is 13.2. The van der Waals surface area contributed by atoms with Crippen LogP contribution in [0.15, 0.2) is 47.3 Å². The van der Waals surface area contributed by atoms with E-state index >= 15 is 0 Å². The maximum atomic E-state index is 12.4. The molecule has 0 fully saturated rings. The van der Waals surface area contributed by atoms with Crippen molar-refractivity contribution in [3.8, 4) is 17.2 Å². The van der Waals surface area contributed by atoms with Gasteiger partial charge in [-0.3, -0.25) is 9.97 Å². The van der Waals surface area contributed by atoms with Crippen LogP contribution in [-0.2, 0) is 6.61 Å². The number of hydrogen-bond donors (Lipinski definition) is 0. The lowest BCUT2D eigenvalue weighted by atomic mass is 10.2. The summed E-state index contributed by atoms with van der Waals surface area (Å²) < 4.78 is 35.1. The fourth-order valence-corrected chi connectivity index (χ4v) is 1.67. The van der Waals surface area contributed by atoms with Gasteiger partial charge < -0.3 is 9.15 Å². The van der Waals surface area contributed by atoms with Gasteiger partial charge in [-0.05, 0) is 24.3 Å². The first-order valence-electron chi connectivity index (χ1n) is 7.32. The molecule has 126 valence electrons. The number of alkyl halides is 2. The van der Waals surface area contributed by atoms with Crippen molar-refractivity contribution in [1.29, 1.82) is 0 Å². The SMILES string of the molecule is CC.FC(F)c1nnc(-c2ccc(COc3ccncc3)nc2)o1. The van der Waals surface area contributed by atoms with E-state index in [1.807, 2.05) is 13.8 Å². The van der Waals surface area contributed by atoms with Crippen molar-refractivity contribution in [1.82, 2.24) is 20.2 Å². The molecule has 3 rings (SSSR count). The van der Waals surface area contributed by atoms with Crippen molar-refractivity contribution >= 4 is 0 Å². The summed E-state index contributed by atoms with van der Waals surface area (Å²) in [5, 5.41) is 6.82. The number of halogens is 2. The van der Waals surface area contributed by atoms with Crippen molar-refractivity contribution < 1.29 is 17.9 Å². The smallest absolute Gasteiger partial charge is 0.314 e. The monoisotopic (exact) mass is 334 g/mol. The van der Waals surface area contributed by atoms with E-state index in [1.165, 1.54) is 6.20 Å². The summed E-state index contributed by atoms with van der Waals surface area (Å²) in [5.41, 5.74) is 1.14. The van der Waals surface area contributed by atoms with Crippen molar-refractivity contribution in [3.05, 3.63) is 54.4 Å². The summed E-state index contributed by atoms with van der Waals surface area (Å²) >= 11 is 0. The molecule has 0 atom stereocenters. The van der Waals surface area contributed by atoms with E-state index in [0.29, 0.717) is 17.0 Å². The van der Waals surface area contributed by atoms with Crippen LogP contribution in [0.3, 0.4) is 0 Å². The summed E-state index contributed by atoms with van der Waals surface area (Å²) in [5.74, 6) is -0.0242. The van der Waals surface area contributed by atoms with E-state index in [0.717, 1.165) is 0 Å². The highest BCUT2D eigenvalue weighted by Crippen LogP contribution is 2.22. The maximum absolute atomic E-state index is 12.4. The van der Waals surface area contributed by atoms with Gasteiger partial charge in [0.05, 0.1) is 11.3 Å². The Morgan fingerprint density at radius 3 is 2.42 bits per heavy atom. The molecule has 24 heavy (non-hydrogen) atoms. The molecule has 0 unspecified atom stereocenters. The Hall–Kier alpha value is -2.90.